The number of aromatic amines is 2. The van der Waals surface area contributed by atoms with E-state index in [0.717, 1.165) is 45.5 Å². The quantitative estimate of drug-likeness (QED) is 0.416. The van der Waals surface area contributed by atoms with Crippen LogP contribution in [-0.4, -0.2) is 31.4 Å². The van der Waals surface area contributed by atoms with Gasteiger partial charge in [-0.2, -0.15) is 0 Å². The number of rotatable bonds is 4. The van der Waals surface area contributed by atoms with Crippen LogP contribution < -0.4 is 5.56 Å². The van der Waals surface area contributed by atoms with Crippen LogP contribution in [0.2, 0.25) is 0 Å². The molecule has 5 aromatic rings. The second kappa shape index (κ2) is 8.35. The van der Waals surface area contributed by atoms with Gasteiger partial charge in [0.1, 0.15) is 11.6 Å². The number of aromatic nitrogens is 4. The smallest absolute Gasteiger partial charge is 0.255 e. The van der Waals surface area contributed by atoms with Gasteiger partial charge in [-0.15, -0.1) is 0 Å². The summed E-state index contributed by atoms with van der Waals surface area (Å²) in [5.74, 6) is 0.321. The van der Waals surface area contributed by atoms with Gasteiger partial charge < -0.3 is 9.97 Å². The average molecular weight is 452 g/mol. The molecule has 0 bridgehead atoms. The Kier molecular flexibility index (Phi) is 5.04. The Balaban J connectivity index is 1.34. The number of fused-ring (bicyclic) bond motifs is 2. The lowest BCUT2D eigenvalue weighted by atomic mass is 10.0. The third-order valence-electron chi connectivity index (χ3n) is 6.43. The Morgan fingerprint density at radius 1 is 0.941 bits per heavy atom. The van der Waals surface area contributed by atoms with E-state index in [1.54, 1.807) is 24.5 Å². The first kappa shape index (κ1) is 20.5. The average Bonchev–Trinajstić information content (AvgIpc) is 3.23. The Hall–Kier alpha value is -4.10. The van der Waals surface area contributed by atoms with Gasteiger partial charge in [-0.05, 0) is 53.6 Å². The van der Waals surface area contributed by atoms with Crippen LogP contribution in [0.5, 0.6) is 0 Å². The second-order valence-electron chi connectivity index (χ2n) is 8.57. The molecule has 2 N–H and O–H groups in total. The van der Waals surface area contributed by atoms with E-state index in [1.165, 1.54) is 12.1 Å². The molecule has 7 heteroatoms. The molecule has 168 valence electrons. The molecule has 6 rings (SSSR count). The molecule has 0 unspecified atom stereocenters. The summed E-state index contributed by atoms with van der Waals surface area (Å²) >= 11 is 0. The van der Waals surface area contributed by atoms with Crippen LogP contribution in [0, 0.1) is 5.82 Å². The van der Waals surface area contributed by atoms with Crippen molar-refractivity contribution < 1.29 is 4.39 Å². The third-order valence-corrected chi connectivity index (χ3v) is 6.43. The monoisotopic (exact) mass is 451 g/mol. The fraction of sp³-hybridized carbons (Fsp3) is 0.148. The molecule has 2 aromatic carbocycles. The molecule has 34 heavy (non-hydrogen) atoms. The summed E-state index contributed by atoms with van der Waals surface area (Å²) in [5.41, 5.74) is 6.41. The highest BCUT2D eigenvalue weighted by Crippen LogP contribution is 2.32. The lowest BCUT2D eigenvalue weighted by Crippen LogP contribution is -2.35. The molecule has 0 atom stereocenters. The maximum Gasteiger partial charge on any atom is 0.255 e. The van der Waals surface area contributed by atoms with Crippen molar-refractivity contribution >= 4 is 10.9 Å². The van der Waals surface area contributed by atoms with Gasteiger partial charge in [-0.25, -0.2) is 9.37 Å². The maximum absolute atomic E-state index is 13.5. The molecule has 6 nitrogen and oxygen atoms in total. The van der Waals surface area contributed by atoms with Crippen LogP contribution in [0.25, 0.3) is 33.5 Å². The summed E-state index contributed by atoms with van der Waals surface area (Å²) in [4.78, 5) is 30.5. The first-order chi connectivity index (χ1) is 16.7. The first-order valence-electron chi connectivity index (χ1n) is 11.3. The topological polar surface area (TPSA) is 77.7 Å². The Bertz CT molecular complexity index is 1540. The molecule has 1 aliphatic heterocycles. The zero-order valence-electron chi connectivity index (χ0n) is 18.4. The van der Waals surface area contributed by atoms with Crippen LogP contribution in [0.4, 0.5) is 4.39 Å². The number of hydrogen-bond donors (Lipinski definition) is 2. The Morgan fingerprint density at radius 2 is 1.74 bits per heavy atom. The van der Waals surface area contributed by atoms with E-state index in [4.69, 9.17) is 4.98 Å². The fourth-order valence-corrected chi connectivity index (χ4v) is 4.71. The van der Waals surface area contributed by atoms with E-state index in [-0.39, 0.29) is 11.4 Å². The van der Waals surface area contributed by atoms with E-state index in [2.05, 4.69) is 25.9 Å². The highest BCUT2D eigenvalue weighted by Gasteiger charge is 2.24. The van der Waals surface area contributed by atoms with Gasteiger partial charge in [0, 0.05) is 54.9 Å². The second-order valence-corrected chi connectivity index (χ2v) is 8.57. The highest BCUT2D eigenvalue weighted by molar-refractivity contribution is 5.90. The fourth-order valence-electron chi connectivity index (χ4n) is 4.71. The molecule has 0 saturated carbocycles. The minimum atomic E-state index is -0.257. The maximum atomic E-state index is 13.5. The first-order valence-corrected chi connectivity index (χ1v) is 11.3. The molecule has 0 saturated heterocycles. The lowest BCUT2D eigenvalue weighted by Gasteiger charge is -2.28. The van der Waals surface area contributed by atoms with Gasteiger partial charge in [-0.1, -0.05) is 18.2 Å². The number of benzene rings is 2. The van der Waals surface area contributed by atoms with Gasteiger partial charge in [0.15, 0.2) is 0 Å². The van der Waals surface area contributed by atoms with Crippen LogP contribution in [0.1, 0.15) is 16.8 Å². The normalized spacial score (nSPS) is 13.8. The third kappa shape index (κ3) is 3.70. The van der Waals surface area contributed by atoms with E-state index in [0.29, 0.717) is 30.9 Å². The molecule has 0 radical (unpaired) electrons. The number of nitrogens with one attached hydrogen (secondary N) is 2. The molecule has 0 spiro atoms. The molecular formula is C27H22FN5O. The number of H-pyrrole nitrogens is 2. The van der Waals surface area contributed by atoms with Gasteiger partial charge in [0.25, 0.3) is 5.56 Å². The summed E-state index contributed by atoms with van der Waals surface area (Å²) in [6, 6.07) is 18.4. The van der Waals surface area contributed by atoms with Crippen molar-refractivity contribution in [3.05, 3.63) is 106 Å². The molecule has 0 aliphatic carbocycles. The predicted octanol–water partition coefficient (Wildman–Crippen LogP) is 4.68. The van der Waals surface area contributed by atoms with Crippen LogP contribution in [0.15, 0.2) is 77.9 Å². The largest absolute Gasteiger partial charge is 0.354 e. The van der Waals surface area contributed by atoms with E-state index >= 15 is 0 Å². The lowest BCUT2D eigenvalue weighted by molar-refractivity contribution is 0.243. The molecular weight excluding hydrogens is 429 g/mol. The van der Waals surface area contributed by atoms with Crippen LogP contribution in [-0.2, 0) is 19.5 Å². The zero-order valence-corrected chi connectivity index (χ0v) is 18.4. The van der Waals surface area contributed by atoms with Gasteiger partial charge >= 0.3 is 0 Å². The van der Waals surface area contributed by atoms with Crippen molar-refractivity contribution in [1.29, 1.82) is 0 Å². The summed E-state index contributed by atoms with van der Waals surface area (Å²) < 4.78 is 13.5. The standard InChI is InChI=1S/C27H22FN5O/c28-19-7-5-17(6-8-19)25-21(20-3-1-2-4-23(20)30-25)15-33-14-11-24-22(16-33)27(34)32-26(31-24)18-9-12-29-13-10-18/h1-10,12-13,30H,11,14-16H2,(H,31,32,34). The number of halogens is 1. The van der Waals surface area contributed by atoms with E-state index < -0.39 is 0 Å². The number of hydrogen-bond acceptors (Lipinski definition) is 4. The highest BCUT2D eigenvalue weighted by atomic mass is 19.1. The summed E-state index contributed by atoms with van der Waals surface area (Å²) in [5, 5.41) is 1.13. The minimum absolute atomic E-state index is 0.0980. The predicted molar refractivity (Wildman–Crippen MR) is 130 cm³/mol. The summed E-state index contributed by atoms with van der Waals surface area (Å²) in [7, 11) is 0. The number of para-hydroxylation sites is 1. The van der Waals surface area contributed by atoms with Crippen molar-refractivity contribution in [2.75, 3.05) is 6.54 Å². The number of nitrogens with zero attached hydrogens (tertiary/aromatic N) is 3. The van der Waals surface area contributed by atoms with Gasteiger partial charge in [-0.3, -0.25) is 14.7 Å². The molecule has 0 fully saturated rings. The molecule has 1 aliphatic rings. The van der Waals surface area contributed by atoms with Crippen molar-refractivity contribution in [3.63, 3.8) is 0 Å². The van der Waals surface area contributed by atoms with Crippen molar-refractivity contribution in [2.24, 2.45) is 0 Å². The van der Waals surface area contributed by atoms with E-state index in [1.807, 2.05) is 30.3 Å². The molecule has 0 amide bonds. The molecule has 3 aromatic heterocycles. The van der Waals surface area contributed by atoms with Crippen molar-refractivity contribution in [1.82, 2.24) is 24.8 Å². The number of pyridine rings is 1. The Morgan fingerprint density at radius 3 is 2.56 bits per heavy atom. The van der Waals surface area contributed by atoms with Gasteiger partial charge in [0.05, 0.1) is 17.0 Å². The SMILES string of the molecule is O=c1[nH]c(-c2ccncc2)nc2c1CN(Cc1c(-c3ccc(F)cc3)[nH]c3ccccc13)CC2. The van der Waals surface area contributed by atoms with Crippen molar-refractivity contribution in [2.45, 2.75) is 19.5 Å². The Labute approximate surface area is 195 Å². The minimum Gasteiger partial charge on any atom is -0.354 e. The summed E-state index contributed by atoms with van der Waals surface area (Å²) in [6.45, 7) is 1.99. The zero-order chi connectivity index (χ0) is 23.1. The van der Waals surface area contributed by atoms with Crippen LogP contribution >= 0.6 is 0 Å². The van der Waals surface area contributed by atoms with Gasteiger partial charge in [0.2, 0.25) is 0 Å². The summed E-state index contributed by atoms with van der Waals surface area (Å²) in [6.07, 6.45) is 4.08. The van der Waals surface area contributed by atoms with Crippen molar-refractivity contribution in [3.8, 4) is 22.6 Å². The molecule has 4 heterocycles. The van der Waals surface area contributed by atoms with E-state index in [9.17, 15) is 9.18 Å². The van der Waals surface area contributed by atoms with Crippen LogP contribution in [0.3, 0.4) is 0 Å².